The zero-order valence-electron chi connectivity index (χ0n) is 12.4. The molecule has 5 nitrogen and oxygen atoms in total. The number of carbonyl (C=O) groups excluding carboxylic acids is 2. The largest absolute Gasteiger partial charge is 0.361 e. The van der Waals surface area contributed by atoms with E-state index in [1.807, 2.05) is 48.5 Å². The number of hydrogen-bond acceptors (Lipinski definition) is 3. The van der Waals surface area contributed by atoms with E-state index in [1.54, 1.807) is 6.20 Å². The molecule has 4 rings (SSSR count). The van der Waals surface area contributed by atoms with Gasteiger partial charge in [0.1, 0.15) is 5.70 Å². The second-order valence-corrected chi connectivity index (χ2v) is 6.33. The number of carbonyl (C=O) groups is 2. The number of nitrogens with one attached hydrogen (secondary N) is 3. The number of halogens is 1. The maximum Gasteiger partial charge on any atom is 0.275 e. The molecular weight excluding hydrogens is 370 g/mol. The summed E-state index contributed by atoms with van der Waals surface area (Å²) < 4.78 is 0.881. The number of anilines is 1. The van der Waals surface area contributed by atoms with E-state index in [2.05, 4.69) is 31.5 Å². The van der Waals surface area contributed by atoms with E-state index in [-0.39, 0.29) is 5.70 Å². The molecule has 3 N–H and O–H groups in total. The molecule has 2 amide bonds. The summed E-state index contributed by atoms with van der Waals surface area (Å²) in [6.45, 7) is 0. The highest BCUT2D eigenvalue weighted by Gasteiger charge is 2.32. The monoisotopic (exact) mass is 381 g/mol. The molecule has 0 saturated carbocycles. The molecule has 0 radical (unpaired) electrons. The van der Waals surface area contributed by atoms with Gasteiger partial charge in [0.15, 0.2) is 0 Å². The lowest BCUT2D eigenvalue weighted by Gasteiger charge is -2.08. The summed E-state index contributed by atoms with van der Waals surface area (Å²) in [6.07, 6.45) is 1.75. The van der Waals surface area contributed by atoms with Gasteiger partial charge >= 0.3 is 0 Å². The Morgan fingerprint density at radius 2 is 1.79 bits per heavy atom. The number of aromatic nitrogens is 1. The zero-order chi connectivity index (χ0) is 16.7. The highest BCUT2D eigenvalue weighted by Crippen LogP contribution is 2.31. The number of rotatable bonds is 3. The van der Waals surface area contributed by atoms with Gasteiger partial charge in [0, 0.05) is 32.8 Å². The van der Waals surface area contributed by atoms with Gasteiger partial charge < -0.3 is 10.3 Å². The van der Waals surface area contributed by atoms with Gasteiger partial charge in [-0.1, -0.05) is 40.2 Å². The maximum atomic E-state index is 12.3. The van der Waals surface area contributed by atoms with Crippen molar-refractivity contribution in [1.29, 1.82) is 0 Å². The molecule has 24 heavy (non-hydrogen) atoms. The number of aromatic amines is 1. The summed E-state index contributed by atoms with van der Waals surface area (Å²) in [5.74, 6) is -0.831. The Kier molecular flexibility index (Phi) is 3.46. The fraction of sp³-hybridized carbons (Fsp3) is 0. The minimum absolute atomic E-state index is 0.253. The lowest BCUT2D eigenvalue weighted by Crippen LogP contribution is -2.24. The molecule has 0 atom stereocenters. The molecule has 2 heterocycles. The van der Waals surface area contributed by atoms with Crippen LogP contribution in [0.5, 0.6) is 0 Å². The van der Waals surface area contributed by atoms with E-state index in [0.29, 0.717) is 11.1 Å². The first-order valence-electron chi connectivity index (χ1n) is 7.32. The quantitative estimate of drug-likeness (QED) is 0.608. The van der Waals surface area contributed by atoms with Gasteiger partial charge in [-0.05, 0) is 24.3 Å². The summed E-state index contributed by atoms with van der Waals surface area (Å²) in [5.41, 5.74) is 2.93. The lowest BCUT2D eigenvalue weighted by molar-refractivity contribution is -0.123. The third-order valence-corrected chi connectivity index (χ3v) is 4.38. The van der Waals surface area contributed by atoms with Crippen LogP contribution in [-0.2, 0) is 9.59 Å². The third-order valence-electron chi connectivity index (χ3n) is 3.88. The van der Waals surface area contributed by atoms with Gasteiger partial charge in [0.25, 0.3) is 11.8 Å². The SMILES string of the molecule is O=C1NC(=O)C(c2c[nH]c3ccccc23)=C1Nc1cccc(Br)c1. The average Bonchev–Trinajstić information content (AvgIpc) is 3.09. The summed E-state index contributed by atoms with van der Waals surface area (Å²) in [7, 11) is 0. The van der Waals surface area contributed by atoms with Crippen molar-refractivity contribution >= 4 is 49.9 Å². The Morgan fingerprint density at radius 1 is 0.958 bits per heavy atom. The number of imide groups is 1. The van der Waals surface area contributed by atoms with Crippen molar-refractivity contribution in [2.45, 2.75) is 0 Å². The number of hydrogen-bond donors (Lipinski definition) is 3. The first kappa shape index (κ1) is 14.7. The average molecular weight is 382 g/mol. The van der Waals surface area contributed by atoms with Crippen molar-refractivity contribution in [1.82, 2.24) is 10.3 Å². The molecular formula is C18H12BrN3O2. The number of benzene rings is 2. The minimum Gasteiger partial charge on any atom is -0.361 e. The summed E-state index contributed by atoms with van der Waals surface area (Å²) >= 11 is 3.40. The van der Waals surface area contributed by atoms with Crippen molar-refractivity contribution in [2.24, 2.45) is 0 Å². The Morgan fingerprint density at radius 3 is 2.62 bits per heavy atom. The van der Waals surface area contributed by atoms with Crippen LogP contribution in [0.1, 0.15) is 5.56 Å². The van der Waals surface area contributed by atoms with E-state index in [9.17, 15) is 9.59 Å². The standard InChI is InChI=1S/C18H12BrN3O2/c19-10-4-3-5-11(8-10)21-16-15(17(23)22-18(16)24)13-9-20-14-7-2-1-6-12(13)14/h1-9,20H,(H2,21,22,23,24). The number of amides is 2. The van der Waals surface area contributed by atoms with Crippen LogP contribution >= 0.6 is 15.9 Å². The molecule has 2 aromatic carbocycles. The van der Waals surface area contributed by atoms with Crippen LogP contribution in [0.25, 0.3) is 16.5 Å². The topological polar surface area (TPSA) is 74.0 Å². The second-order valence-electron chi connectivity index (χ2n) is 5.42. The van der Waals surface area contributed by atoms with Gasteiger partial charge in [-0.25, -0.2) is 0 Å². The van der Waals surface area contributed by atoms with E-state index < -0.39 is 11.8 Å². The maximum absolute atomic E-state index is 12.3. The number of H-pyrrole nitrogens is 1. The fourth-order valence-electron chi connectivity index (χ4n) is 2.82. The van der Waals surface area contributed by atoms with Crippen LogP contribution in [0.15, 0.2) is 64.9 Å². The Bertz CT molecular complexity index is 1020. The molecule has 1 aliphatic heterocycles. The second kappa shape index (κ2) is 5.65. The summed E-state index contributed by atoms with van der Waals surface area (Å²) in [4.78, 5) is 27.7. The molecule has 0 spiro atoms. The van der Waals surface area contributed by atoms with Gasteiger partial charge in [0.2, 0.25) is 0 Å². The smallest absolute Gasteiger partial charge is 0.275 e. The van der Waals surface area contributed by atoms with Crippen LogP contribution in [-0.4, -0.2) is 16.8 Å². The van der Waals surface area contributed by atoms with Gasteiger partial charge in [-0.3, -0.25) is 14.9 Å². The van der Waals surface area contributed by atoms with Gasteiger partial charge in [-0.15, -0.1) is 0 Å². The molecule has 0 fully saturated rings. The van der Waals surface area contributed by atoms with E-state index in [1.165, 1.54) is 0 Å². The summed E-state index contributed by atoms with van der Waals surface area (Å²) in [5, 5.41) is 6.33. The van der Waals surface area contributed by atoms with E-state index in [4.69, 9.17) is 0 Å². The normalized spacial score (nSPS) is 14.4. The van der Waals surface area contributed by atoms with Crippen molar-refractivity contribution in [3.63, 3.8) is 0 Å². The predicted molar refractivity (Wildman–Crippen MR) is 96.1 cm³/mol. The van der Waals surface area contributed by atoms with Crippen molar-refractivity contribution in [3.8, 4) is 0 Å². The van der Waals surface area contributed by atoms with E-state index in [0.717, 1.165) is 21.1 Å². The predicted octanol–water partition coefficient (Wildman–Crippen LogP) is 3.41. The Labute approximate surface area is 145 Å². The van der Waals surface area contributed by atoms with Crippen LogP contribution < -0.4 is 10.6 Å². The van der Waals surface area contributed by atoms with Crippen LogP contribution in [0.3, 0.4) is 0 Å². The number of fused-ring (bicyclic) bond motifs is 1. The molecule has 0 aliphatic carbocycles. The molecule has 0 unspecified atom stereocenters. The Hall–Kier alpha value is -2.86. The highest BCUT2D eigenvalue weighted by molar-refractivity contribution is 9.10. The van der Waals surface area contributed by atoms with E-state index >= 15 is 0 Å². The van der Waals surface area contributed by atoms with Crippen LogP contribution in [0, 0.1) is 0 Å². The molecule has 118 valence electrons. The van der Waals surface area contributed by atoms with Crippen molar-refractivity contribution in [2.75, 3.05) is 5.32 Å². The van der Waals surface area contributed by atoms with Crippen molar-refractivity contribution < 1.29 is 9.59 Å². The first-order chi connectivity index (χ1) is 11.6. The highest BCUT2D eigenvalue weighted by atomic mass is 79.9. The molecule has 1 aromatic heterocycles. The van der Waals surface area contributed by atoms with Crippen LogP contribution in [0.4, 0.5) is 5.69 Å². The molecule has 0 saturated heterocycles. The zero-order valence-corrected chi connectivity index (χ0v) is 14.0. The van der Waals surface area contributed by atoms with Crippen molar-refractivity contribution in [3.05, 3.63) is 70.5 Å². The first-order valence-corrected chi connectivity index (χ1v) is 8.12. The number of para-hydroxylation sites is 1. The van der Waals surface area contributed by atoms with Gasteiger partial charge in [0.05, 0.1) is 5.57 Å². The van der Waals surface area contributed by atoms with Gasteiger partial charge in [-0.2, -0.15) is 0 Å². The Balaban J connectivity index is 1.87. The van der Waals surface area contributed by atoms with Crippen LogP contribution in [0.2, 0.25) is 0 Å². The summed E-state index contributed by atoms with van der Waals surface area (Å²) in [6, 6.07) is 15.1. The fourth-order valence-corrected chi connectivity index (χ4v) is 3.22. The third kappa shape index (κ3) is 2.41. The molecule has 6 heteroatoms. The minimum atomic E-state index is -0.430. The molecule has 0 bridgehead atoms. The molecule has 1 aliphatic rings. The molecule has 3 aromatic rings. The lowest BCUT2D eigenvalue weighted by atomic mass is 10.0.